The van der Waals surface area contributed by atoms with Crippen LogP contribution in [-0.4, -0.2) is 35.0 Å². The maximum Gasteiger partial charge on any atom is 0.262 e. The Hall–Kier alpha value is -3.92. The van der Waals surface area contributed by atoms with Crippen molar-refractivity contribution < 1.29 is 17.9 Å². The molecular weight excluding hydrogens is 454 g/mol. The van der Waals surface area contributed by atoms with E-state index in [4.69, 9.17) is 9.47 Å². The van der Waals surface area contributed by atoms with Gasteiger partial charge in [0.2, 0.25) is 5.88 Å². The standard InChI is InChI=1S/C24H25N5O4S/c1-15-13-22(16(2)12-21(15)32-5)34(30,31)28-19-6-8-20(9-7-19)33-24-14-23(26-17(3)27-24)29-11-10-25-18(29)4/h6-14,28H,1-5H3. The van der Waals surface area contributed by atoms with E-state index in [1.807, 2.05) is 17.7 Å². The summed E-state index contributed by atoms with van der Waals surface area (Å²) in [5.41, 5.74) is 1.74. The summed E-state index contributed by atoms with van der Waals surface area (Å²) in [6.07, 6.45) is 3.51. The zero-order valence-corrected chi connectivity index (χ0v) is 20.3. The number of anilines is 1. The van der Waals surface area contributed by atoms with Crippen molar-refractivity contribution in [2.45, 2.75) is 32.6 Å². The van der Waals surface area contributed by atoms with Crippen molar-refractivity contribution in [2.75, 3.05) is 11.8 Å². The summed E-state index contributed by atoms with van der Waals surface area (Å²) in [6, 6.07) is 11.6. The van der Waals surface area contributed by atoms with E-state index in [0.29, 0.717) is 40.3 Å². The molecule has 0 fully saturated rings. The third-order valence-corrected chi connectivity index (χ3v) is 6.71. The number of methoxy groups -OCH3 is 1. The van der Waals surface area contributed by atoms with Gasteiger partial charge < -0.3 is 9.47 Å². The molecule has 2 aromatic carbocycles. The number of hydrogen-bond acceptors (Lipinski definition) is 7. The van der Waals surface area contributed by atoms with Crippen LogP contribution in [-0.2, 0) is 10.0 Å². The van der Waals surface area contributed by atoms with E-state index < -0.39 is 10.0 Å². The molecule has 4 rings (SSSR count). The Morgan fingerprint density at radius 1 is 0.941 bits per heavy atom. The molecule has 0 bridgehead atoms. The minimum absolute atomic E-state index is 0.199. The van der Waals surface area contributed by atoms with Crippen molar-refractivity contribution >= 4 is 15.7 Å². The Labute approximate surface area is 198 Å². The van der Waals surface area contributed by atoms with Gasteiger partial charge >= 0.3 is 0 Å². The van der Waals surface area contributed by atoms with Crippen LogP contribution >= 0.6 is 0 Å². The number of imidazole rings is 1. The van der Waals surface area contributed by atoms with Crippen LogP contribution in [0.25, 0.3) is 5.82 Å². The van der Waals surface area contributed by atoms with Gasteiger partial charge in [0.05, 0.1) is 12.0 Å². The lowest BCUT2D eigenvalue weighted by Crippen LogP contribution is -2.14. The summed E-state index contributed by atoms with van der Waals surface area (Å²) in [5.74, 6) is 3.51. The number of rotatable bonds is 7. The first-order chi connectivity index (χ1) is 16.2. The molecule has 0 aliphatic heterocycles. The van der Waals surface area contributed by atoms with Crippen LogP contribution in [0.3, 0.4) is 0 Å². The van der Waals surface area contributed by atoms with Crippen molar-refractivity contribution in [2.24, 2.45) is 0 Å². The third-order valence-electron chi connectivity index (χ3n) is 5.18. The van der Waals surface area contributed by atoms with Gasteiger partial charge in [0.15, 0.2) is 0 Å². The van der Waals surface area contributed by atoms with Crippen molar-refractivity contribution in [1.82, 2.24) is 19.5 Å². The van der Waals surface area contributed by atoms with Gasteiger partial charge in [-0.1, -0.05) is 0 Å². The fraction of sp³-hybridized carbons (Fsp3) is 0.208. The van der Waals surface area contributed by atoms with E-state index in [1.165, 1.54) is 0 Å². The number of nitrogens with zero attached hydrogens (tertiary/aromatic N) is 4. The third kappa shape index (κ3) is 4.86. The van der Waals surface area contributed by atoms with Crippen molar-refractivity contribution in [3.63, 3.8) is 0 Å². The van der Waals surface area contributed by atoms with Crippen LogP contribution in [0.1, 0.15) is 22.8 Å². The van der Waals surface area contributed by atoms with Crippen LogP contribution in [0.2, 0.25) is 0 Å². The summed E-state index contributed by atoms with van der Waals surface area (Å²) in [4.78, 5) is 13.2. The Bertz CT molecular complexity index is 1450. The van der Waals surface area contributed by atoms with E-state index >= 15 is 0 Å². The average Bonchev–Trinajstić information content (AvgIpc) is 3.21. The number of sulfonamides is 1. The van der Waals surface area contributed by atoms with Gasteiger partial charge in [0.25, 0.3) is 10.0 Å². The lowest BCUT2D eigenvalue weighted by atomic mass is 10.1. The molecule has 0 amide bonds. The van der Waals surface area contributed by atoms with E-state index in [9.17, 15) is 8.42 Å². The van der Waals surface area contributed by atoms with Gasteiger partial charge in [-0.3, -0.25) is 9.29 Å². The summed E-state index contributed by atoms with van der Waals surface area (Å²) >= 11 is 0. The van der Waals surface area contributed by atoms with Gasteiger partial charge in [-0.05, 0) is 75.2 Å². The second kappa shape index (κ2) is 9.14. The van der Waals surface area contributed by atoms with Gasteiger partial charge in [-0.15, -0.1) is 0 Å². The highest BCUT2D eigenvalue weighted by Crippen LogP contribution is 2.28. The highest BCUT2D eigenvalue weighted by atomic mass is 32.2. The van der Waals surface area contributed by atoms with E-state index in [2.05, 4.69) is 19.7 Å². The van der Waals surface area contributed by atoms with Crippen LogP contribution in [0.15, 0.2) is 59.8 Å². The first-order valence-electron chi connectivity index (χ1n) is 10.5. The predicted molar refractivity (Wildman–Crippen MR) is 128 cm³/mol. The molecule has 1 N–H and O–H groups in total. The molecule has 2 aromatic heterocycles. The van der Waals surface area contributed by atoms with E-state index in [0.717, 1.165) is 11.4 Å². The molecule has 0 aliphatic rings. The molecule has 0 radical (unpaired) electrons. The Balaban J connectivity index is 1.53. The molecular formula is C24H25N5O4S. The van der Waals surface area contributed by atoms with Gasteiger partial charge in [0.1, 0.15) is 29.0 Å². The number of ether oxygens (including phenoxy) is 2. The molecule has 0 spiro atoms. The largest absolute Gasteiger partial charge is 0.496 e. The van der Waals surface area contributed by atoms with Crippen LogP contribution in [0.4, 0.5) is 5.69 Å². The zero-order chi connectivity index (χ0) is 24.5. The number of benzene rings is 2. The number of aryl methyl sites for hydroxylation is 4. The molecule has 4 aromatic rings. The first-order valence-corrected chi connectivity index (χ1v) is 12.0. The molecule has 34 heavy (non-hydrogen) atoms. The van der Waals surface area contributed by atoms with Gasteiger partial charge in [-0.25, -0.2) is 18.4 Å². The minimum atomic E-state index is -3.78. The normalized spacial score (nSPS) is 11.3. The maximum absolute atomic E-state index is 13.0. The van der Waals surface area contributed by atoms with Crippen molar-refractivity contribution in [1.29, 1.82) is 0 Å². The molecule has 10 heteroatoms. The quantitative estimate of drug-likeness (QED) is 0.416. The zero-order valence-electron chi connectivity index (χ0n) is 19.5. The summed E-state index contributed by atoms with van der Waals surface area (Å²) < 4.78 is 41.5. The lowest BCUT2D eigenvalue weighted by molar-refractivity contribution is 0.411. The highest BCUT2D eigenvalue weighted by Gasteiger charge is 2.19. The summed E-state index contributed by atoms with van der Waals surface area (Å²) in [5, 5.41) is 0. The average molecular weight is 480 g/mol. The number of hydrogen-bond donors (Lipinski definition) is 1. The van der Waals surface area contributed by atoms with E-state index in [1.54, 1.807) is 76.5 Å². The highest BCUT2D eigenvalue weighted by molar-refractivity contribution is 7.92. The first kappa shape index (κ1) is 23.2. The molecule has 0 aliphatic carbocycles. The summed E-state index contributed by atoms with van der Waals surface area (Å²) in [6.45, 7) is 7.20. The topological polar surface area (TPSA) is 108 Å². The Kier molecular flexibility index (Phi) is 6.25. The molecule has 2 heterocycles. The smallest absolute Gasteiger partial charge is 0.262 e. The Morgan fingerprint density at radius 2 is 1.68 bits per heavy atom. The molecule has 0 saturated carbocycles. The molecule has 0 unspecified atom stereocenters. The van der Waals surface area contributed by atoms with Crippen molar-refractivity contribution in [3.05, 3.63) is 77.6 Å². The second-order valence-corrected chi connectivity index (χ2v) is 9.43. The molecule has 0 saturated heterocycles. The monoisotopic (exact) mass is 479 g/mol. The summed E-state index contributed by atoms with van der Waals surface area (Å²) in [7, 11) is -2.22. The predicted octanol–water partition coefficient (Wildman–Crippen LogP) is 4.50. The maximum atomic E-state index is 13.0. The van der Waals surface area contributed by atoms with Crippen molar-refractivity contribution in [3.8, 4) is 23.2 Å². The fourth-order valence-corrected chi connectivity index (χ4v) is 4.89. The number of aromatic nitrogens is 4. The van der Waals surface area contributed by atoms with Gasteiger partial charge in [0, 0.05) is 24.1 Å². The van der Waals surface area contributed by atoms with Crippen LogP contribution < -0.4 is 14.2 Å². The molecule has 176 valence electrons. The number of nitrogens with one attached hydrogen (secondary N) is 1. The second-order valence-electron chi connectivity index (χ2n) is 7.78. The molecule has 0 atom stereocenters. The van der Waals surface area contributed by atoms with E-state index in [-0.39, 0.29) is 4.90 Å². The Morgan fingerprint density at radius 3 is 2.32 bits per heavy atom. The SMILES string of the molecule is COc1cc(C)c(S(=O)(=O)Nc2ccc(Oc3cc(-n4ccnc4C)nc(C)n3)cc2)cc1C. The fourth-order valence-electron chi connectivity index (χ4n) is 3.52. The lowest BCUT2D eigenvalue weighted by Gasteiger charge is -2.14. The van der Waals surface area contributed by atoms with Crippen LogP contribution in [0, 0.1) is 27.7 Å². The van der Waals surface area contributed by atoms with Gasteiger partial charge in [-0.2, -0.15) is 4.98 Å². The van der Waals surface area contributed by atoms with Crippen LogP contribution in [0.5, 0.6) is 17.4 Å². The minimum Gasteiger partial charge on any atom is -0.496 e. The molecule has 9 nitrogen and oxygen atoms in total.